The number of nitrogens with zero attached hydrogens (tertiary/aromatic N) is 1. The Bertz CT molecular complexity index is 372. The molecule has 14 heavy (non-hydrogen) atoms. The van der Waals surface area contributed by atoms with E-state index in [4.69, 9.17) is 9.84 Å². The fourth-order valence-electron chi connectivity index (χ4n) is 1.38. The van der Waals surface area contributed by atoms with Gasteiger partial charge in [-0.1, -0.05) is 0 Å². The third-order valence-electron chi connectivity index (χ3n) is 2.30. The van der Waals surface area contributed by atoms with Crippen molar-refractivity contribution in [3.63, 3.8) is 0 Å². The standard InChI is InChI=1S/C10H11NO3/c1-14-9-7(10(12)13)4-5-8(11-9)6-2-3-6/h4-6H,2-3H2,1H3,(H,12,13). The van der Waals surface area contributed by atoms with Crippen LogP contribution in [0.25, 0.3) is 0 Å². The minimum absolute atomic E-state index is 0.122. The number of aromatic nitrogens is 1. The predicted octanol–water partition coefficient (Wildman–Crippen LogP) is 1.67. The molecule has 0 unspecified atom stereocenters. The number of carboxylic acids is 1. The SMILES string of the molecule is COc1nc(C2CC2)ccc1C(=O)O. The van der Waals surface area contributed by atoms with Gasteiger partial charge >= 0.3 is 5.97 Å². The molecule has 0 radical (unpaired) electrons. The highest BCUT2D eigenvalue weighted by atomic mass is 16.5. The summed E-state index contributed by atoms with van der Waals surface area (Å²) >= 11 is 0. The maximum absolute atomic E-state index is 10.8. The zero-order valence-electron chi connectivity index (χ0n) is 7.86. The molecule has 1 aliphatic carbocycles. The summed E-state index contributed by atoms with van der Waals surface area (Å²) in [6.07, 6.45) is 2.28. The molecular formula is C10H11NO3. The monoisotopic (exact) mass is 193 g/mol. The molecule has 4 heteroatoms. The number of aromatic carboxylic acids is 1. The number of hydrogen-bond donors (Lipinski definition) is 1. The Morgan fingerprint density at radius 2 is 2.29 bits per heavy atom. The van der Waals surface area contributed by atoms with Gasteiger partial charge in [-0.05, 0) is 25.0 Å². The van der Waals surface area contributed by atoms with Crippen LogP contribution in [-0.4, -0.2) is 23.2 Å². The topological polar surface area (TPSA) is 59.4 Å². The van der Waals surface area contributed by atoms with Crippen LogP contribution in [0, 0.1) is 0 Å². The average Bonchev–Trinajstić information content (AvgIpc) is 3.00. The summed E-state index contributed by atoms with van der Waals surface area (Å²) in [6.45, 7) is 0. The van der Waals surface area contributed by atoms with Crippen LogP contribution in [0.4, 0.5) is 0 Å². The van der Waals surface area contributed by atoms with E-state index in [1.165, 1.54) is 7.11 Å². The van der Waals surface area contributed by atoms with Crippen LogP contribution < -0.4 is 4.74 Å². The van der Waals surface area contributed by atoms with Gasteiger partial charge in [0.25, 0.3) is 0 Å². The second-order valence-electron chi connectivity index (χ2n) is 3.37. The number of carbonyl (C=O) groups is 1. The number of rotatable bonds is 3. The highest BCUT2D eigenvalue weighted by molar-refractivity contribution is 5.90. The normalized spacial score (nSPS) is 15.2. The van der Waals surface area contributed by atoms with E-state index in [0.717, 1.165) is 18.5 Å². The van der Waals surface area contributed by atoms with E-state index in [0.29, 0.717) is 5.92 Å². The average molecular weight is 193 g/mol. The second kappa shape index (κ2) is 3.29. The molecule has 0 atom stereocenters. The van der Waals surface area contributed by atoms with Crippen LogP contribution in [0.15, 0.2) is 12.1 Å². The van der Waals surface area contributed by atoms with Crippen molar-refractivity contribution < 1.29 is 14.6 Å². The summed E-state index contributed by atoms with van der Waals surface area (Å²) < 4.78 is 4.93. The van der Waals surface area contributed by atoms with Gasteiger partial charge in [-0.2, -0.15) is 0 Å². The van der Waals surface area contributed by atoms with Crippen molar-refractivity contribution in [3.8, 4) is 5.88 Å². The molecule has 4 nitrogen and oxygen atoms in total. The summed E-state index contributed by atoms with van der Waals surface area (Å²) in [6, 6.07) is 3.32. The zero-order valence-corrected chi connectivity index (χ0v) is 7.86. The minimum Gasteiger partial charge on any atom is -0.480 e. The summed E-state index contributed by atoms with van der Waals surface area (Å²) in [5, 5.41) is 8.82. The fraction of sp³-hybridized carbons (Fsp3) is 0.400. The van der Waals surface area contributed by atoms with E-state index in [-0.39, 0.29) is 11.4 Å². The molecule has 74 valence electrons. The molecule has 0 bridgehead atoms. The van der Waals surface area contributed by atoms with Gasteiger partial charge in [-0.25, -0.2) is 9.78 Å². The fourth-order valence-corrected chi connectivity index (χ4v) is 1.38. The molecule has 0 saturated heterocycles. The second-order valence-corrected chi connectivity index (χ2v) is 3.37. The first kappa shape index (κ1) is 8.99. The van der Waals surface area contributed by atoms with Gasteiger partial charge in [0, 0.05) is 11.6 Å². The number of ether oxygens (including phenoxy) is 1. The molecule has 1 aromatic heterocycles. The highest BCUT2D eigenvalue weighted by Crippen LogP contribution is 2.39. The molecule has 0 amide bonds. The largest absolute Gasteiger partial charge is 0.480 e. The van der Waals surface area contributed by atoms with Gasteiger partial charge < -0.3 is 9.84 Å². The van der Waals surface area contributed by atoms with E-state index >= 15 is 0 Å². The smallest absolute Gasteiger partial charge is 0.341 e. The first-order valence-corrected chi connectivity index (χ1v) is 4.50. The molecule has 2 rings (SSSR count). The van der Waals surface area contributed by atoms with Gasteiger partial charge in [-0.15, -0.1) is 0 Å². The van der Waals surface area contributed by atoms with Gasteiger partial charge in [0.1, 0.15) is 5.56 Å². The van der Waals surface area contributed by atoms with Crippen LogP contribution in [0.2, 0.25) is 0 Å². The van der Waals surface area contributed by atoms with E-state index in [9.17, 15) is 4.79 Å². The molecule has 1 fully saturated rings. The van der Waals surface area contributed by atoms with E-state index in [1.807, 2.05) is 0 Å². The Morgan fingerprint density at radius 3 is 2.79 bits per heavy atom. The van der Waals surface area contributed by atoms with Crippen molar-refractivity contribution in [2.45, 2.75) is 18.8 Å². The van der Waals surface area contributed by atoms with E-state index in [2.05, 4.69) is 4.98 Å². The number of carboxylic acid groups (broad SMARTS) is 1. The lowest BCUT2D eigenvalue weighted by atomic mass is 10.2. The van der Waals surface area contributed by atoms with Crippen LogP contribution in [0.5, 0.6) is 5.88 Å². The molecule has 1 N–H and O–H groups in total. The Balaban J connectivity index is 2.38. The first-order chi connectivity index (χ1) is 6.72. The van der Waals surface area contributed by atoms with Crippen LogP contribution in [0.1, 0.15) is 34.8 Å². The van der Waals surface area contributed by atoms with Crippen molar-refractivity contribution in [3.05, 3.63) is 23.4 Å². The van der Waals surface area contributed by atoms with E-state index < -0.39 is 5.97 Å². The number of methoxy groups -OCH3 is 1. The maximum atomic E-state index is 10.8. The molecule has 1 heterocycles. The number of hydrogen-bond acceptors (Lipinski definition) is 3. The van der Waals surface area contributed by atoms with Crippen molar-refractivity contribution in [1.29, 1.82) is 0 Å². The Morgan fingerprint density at radius 1 is 1.57 bits per heavy atom. The lowest BCUT2D eigenvalue weighted by Crippen LogP contribution is -2.03. The van der Waals surface area contributed by atoms with Crippen LogP contribution in [0.3, 0.4) is 0 Å². The third-order valence-corrected chi connectivity index (χ3v) is 2.30. The molecule has 1 aromatic rings. The van der Waals surface area contributed by atoms with Crippen molar-refractivity contribution in [2.75, 3.05) is 7.11 Å². The quantitative estimate of drug-likeness (QED) is 0.793. The van der Waals surface area contributed by atoms with Crippen molar-refractivity contribution >= 4 is 5.97 Å². The molecule has 1 saturated carbocycles. The summed E-state index contributed by atoms with van der Waals surface area (Å²) in [4.78, 5) is 14.9. The maximum Gasteiger partial charge on any atom is 0.341 e. The minimum atomic E-state index is -1.00. The molecule has 0 spiro atoms. The summed E-state index contributed by atoms with van der Waals surface area (Å²) in [5.41, 5.74) is 1.06. The number of pyridine rings is 1. The summed E-state index contributed by atoms with van der Waals surface area (Å²) in [7, 11) is 1.44. The highest BCUT2D eigenvalue weighted by Gasteiger charge is 2.26. The molecule has 1 aliphatic rings. The van der Waals surface area contributed by atoms with Gasteiger partial charge in [0.2, 0.25) is 5.88 Å². The third kappa shape index (κ3) is 1.55. The Kier molecular flexibility index (Phi) is 2.11. The lowest BCUT2D eigenvalue weighted by Gasteiger charge is -2.05. The predicted molar refractivity (Wildman–Crippen MR) is 49.7 cm³/mol. The van der Waals surface area contributed by atoms with E-state index in [1.54, 1.807) is 12.1 Å². The van der Waals surface area contributed by atoms with Gasteiger partial charge in [-0.3, -0.25) is 0 Å². The van der Waals surface area contributed by atoms with Crippen LogP contribution >= 0.6 is 0 Å². The van der Waals surface area contributed by atoms with Crippen LogP contribution in [-0.2, 0) is 0 Å². The first-order valence-electron chi connectivity index (χ1n) is 4.50. The Hall–Kier alpha value is -1.58. The molecular weight excluding hydrogens is 182 g/mol. The molecule has 0 aromatic carbocycles. The summed E-state index contributed by atoms with van der Waals surface area (Å²) in [5.74, 6) is -0.287. The molecule has 0 aliphatic heterocycles. The van der Waals surface area contributed by atoms with Crippen molar-refractivity contribution in [1.82, 2.24) is 4.98 Å². The Labute approximate surface area is 81.5 Å². The van der Waals surface area contributed by atoms with Gasteiger partial charge in [0.15, 0.2) is 0 Å². The lowest BCUT2D eigenvalue weighted by molar-refractivity contribution is 0.0692. The van der Waals surface area contributed by atoms with Crippen molar-refractivity contribution in [2.24, 2.45) is 0 Å². The zero-order chi connectivity index (χ0) is 10.1. The van der Waals surface area contributed by atoms with Gasteiger partial charge in [0.05, 0.1) is 7.11 Å².